The lowest BCUT2D eigenvalue weighted by molar-refractivity contribution is 0.354. The third-order valence-corrected chi connectivity index (χ3v) is 2.81. The number of para-hydroxylation sites is 2. The number of aromatic nitrogens is 1. The number of benzene rings is 2. The molecular weight excluding hydrogens is 240 g/mol. The van der Waals surface area contributed by atoms with Gasteiger partial charge in [0.1, 0.15) is 5.69 Å². The van der Waals surface area contributed by atoms with E-state index in [9.17, 15) is 5.11 Å². The molecule has 0 saturated carbocycles. The fraction of sp³-hybridized carbons (Fsp3) is 0. The van der Waals surface area contributed by atoms with E-state index < -0.39 is 0 Å². The fourth-order valence-corrected chi connectivity index (χ4v) is 1.83. The van der Waals surface area contributed by atoms with Gasteiger partial charge in [-0.05, 0) is 24.3 Å². The van der Waals surface area contributed by atoms with E-state index in [1.165, 1.54) is 6.07 Å². The highest BCUT2D eigenvalue weighted by Crippen LogP contribution is 2.33. The van der Waals surface area contributed by atoms with Crippen molar-refractivity contribution in [3.8, 4) is 17.4 Å². The largest absolute Gasteiger partial charge is 0.437 e. The van der Waals surface area contributed by atoms with Crippen molar-refractivity contribution in [2.45, 2.75) is 0 Å². The highest BCUT2D eigenvalue weighted by molar-refractivity contribution is 5.79. The average Bonchev–Trinajstić information content (AvgIpc) is 2.44. The Labute approximate surface area is 110 Å². The quantitative estimate of drug-likeness (QED) is 0.705. The fourth-order valence-electron chi connectivity index (χ4n) is 1.83. The monoisotopic (exact) mass is 251 g/mol. The molecule has 0 amide bonds. The van der Waals surface area contributed by atoms with Gasteiger partial charge in [0.2, 0.25) is 11.6 Å². The predicted molar refractivity (Wildman–Crippen MR) is 72.8 cm³/mol. The van der Waals surface area contributed by atoms with Crippen molar-refractivity contribution in [2.24, 2.45) is 0 Å². The summed E-state index contributed by atoms with van der Waals surface area (Å²) < 4.78 is 5.56. The van der Waals surface area contributed by atoms with Crippen LogP contribution in [0.3, 0.4) is 0 Å². The van der Waals surface area contributed by atoms with Crippen LogP contribution in [0.25, 0.3) is 10.9 Å². The first-order chi connectivity index (χ1) is 9.24. The molecule has 3 rings (SSSR count). The molecule has 1 radical (unpaired) electrons. The number of ether oxygens (including phenoxy) is 1. The van der Waals surface area contributed by atoms with E-state index in [0.29, 0.717) is 11.6 Å². The topological polar surface area (TPSA) is 68.0 Å². The Morgan fingerprint density at radius 1 is 0.947 bits per heavy atom. The van der Waals surface area contributed by atoms with Crippen LogP contribution in [0.15, 0.2) is 54.6 Å². The molecule has 93 valence electrons. The molecular formula is C15H11N2O2. The maximum atomic E-state index is 11.4. The zero-order chi connectivity index (χ0) is 13.2. The lowest BCUT2D eigenvalue weighted by Gasteiger charge is -2.08. The second-order valence-corrected chi connectivity index (χ2v) is 4.11. The van der Waals surface area contributed by atoms with Gasteiger partial charge in [-0.1, -0.05) is 24.3 Å². The van der Waals surface area contributed by atoms with Crippen molar-refractivity contribution < 1.29 is 9.84 Å². The minimum absolute atomic E-state index is 0.0949. The van der Waals surface area contributed by atoms with Crippen LogP contribution in [-0.4, -0.2) is 4.98 Å². The molecule has 0 saturated heterocycles. The van der Waals surface area contributed by atoms with E-state index in [4.69, 9.17) is 10.5 Å². The van der Waals surface area contributed by atoms with E-state index in [1.807, 2.05) is 30.3 Å². The molecule has 1 aromatic heterocycles. The number of hydrogen-bond acceptors (Lipinski definition) is 3. The summed E-state index contributed by atoms with van der Waals surface area (Å²) in [7, 11) is 0. The molecule has 4 nitrogen and oxygen atoms in total. The van der Waals surface area contributed by atoms with Gasteiger partial charge in [-0.3, -0.25) is 5.11 Å². The number of anilines is 1. The van der Waals surface area contributed by atoms with Gasteiger partial charge in [0.15, 0.2) is 5.75 Å². The van der Waals surface area contributed by atoms with Crippen LogP contribution in [0.4, 0.5) is 5.69 Å². The van der Waals surface area contributed by atoms with Crippen LogP contribution in [0.2, 0.25) is 0 Å². The molecule has 0 atom stereocenters. The van der Waals surface area contributed by atoms with Crippen LogP contribution >= 0.6 is 0 Å². The normalized spacial score (nSPS) is 10.5. The Kier molecular flexibility index (Phi) is 2.68. The molecule has 3 aromatic rings. The van der Waals surface area contributed by atoms with E-state index >= 15 is 0 Å². The van der Waals surface area contributed by atoms with E-state index in [0.717, 1.165) is 10.9 Å². The van der Waals surface area contributed by atoms with Crippen molar-refractivity contribution in [1.82, 2.24) is 4.98 Å². The Hall–Kier alpha value is -2.75. The van der Waals surface area contributed by atoms with E-state index in [2.05, 4.69) is 4.98 Å². The smallest absolute Gasteiger partial charge is 0.219 e. The third-order valence-electron chi connectivity index (χ3n) is 2.81. The lowest BCUT2D eigenvalue weighted by atomic mass is 10.2. The molecule has 4 heteroatoms. The third kappa shape index (κ3) is 2.15. The van der Waals surface area contributed by atoms with Crippen molar-refractivity contribution >= 4 is 16.6 Å². The second kappa shape index (κ2) is 4.49. The number of nitrogen functional groups attached to an aromatic ring is 1. The number of rotatable bonds is 2. The number of nitrogens with two attached hydrogens (primary N) is 1. The Morgan fingerprint density at radius 2 is 1.79 bits per heavy atom. The van der Waals surface area contributed by atoms with Gasteiger partial charge in [0, 0.05) is 11.5 Å². The number of nitrogens with zero attached hydrogens (tertiary/aromatic N) is 1. The van der Waals surface area contributed by atoms with Gasteiger partial charge in [0.05, 0.1) is 5.52 Å². The van der Waals surface area contributed by atoms with Gasteiger partial charge in [-0.2, -0.15) is 0 Å². The van der Waals surface area contributed by atoms with Gasteiger partial charge >= 0.3 is 0 Å². The van der Waals surface area contributed by atoms with Crippen molar-refractivity contribution in [2.75, 3.05) is 5.73 Å². The molecule has 0 fully saturated rings. The first-order valence-electron chi connectivity index (χ1n) is 5.83. The summed E-state index contributed by atoms with van der Waals surface area (Å²) in [6.45, 7) is 0. The summed E-state index contributed by atoms with van der Waals surface area (Å²) in [6, 6.07) is 16.0. The zero-order valence-electron chi connectivity index (χ0n) is 10.0. The average molecular weight is 251 g/mol. The summed E-state index contributed by atoms with van der Waals surface area (Å²) in [5.74, 6) is 0.490. The predicted octanol–water partition coefficient (Wildman–Crippen LogP) is 3.75. The molecule has 2 N–H and O–H groups in total. The molecule has 19 heavy (non-hydrogen) atoms. The van der Waals surface area contributed by atoms with Crippen LogP contribution in [-0.2, 0) is 5.11 Å². The molecule has 0 aliphatic rings. The highest BCUT2D eigenvalue weighted by Gasteiger charge is 2.08. The number of fused-ring (bicyclic) bond motifs is 1. The van der Waals surface area contributed by atoms with Crippen molar-refractivity contribution in [3.05, 3.63) is 54.6 Å². The summed E-state index contributed by atoms with van der Waals surface area (Å²) >= 11 is 0. The molecule has 1 heterocycles. The SMILES string of the molecule is Nc1c([O])cccc1Oc1ccc2ccccc2n1. The summed E-state index contributed by atoms with van der Waals surface area (Å²) in [5.41, 5.74) is 6.60. The first-order valence-corrected chi connectivity index (χ1v) is 5.83. The maximum absolute atomic E-state index is 11.4. The number of hydrogen-bond donors (Lipinski definition) is 1. The summed E-state index contributed by atoms with van der Waals surface area (Å²) in [5, 5.41) is 12.4. The minimum Gasteiger partial charge on any atom is -0.437 e. The first kappa shape index (κ1) is 11.3. The van der Waals surface area contributed by atoms with Gasteiger partial charge in [-0.25, -0.2) is 4.98 Å². The maximum Gasteiger partial charge on any atom is 0.219 e. The standard InChI is InChI=1S/C15H11N2O2/c16-15-12(18)6-3-7-13(15)19-14-9-8-10-4-1-2-5-11(10)17-14/h1-9H,16H2. The van der Waals surface area contributed by atoms with Gasteiger partial charge in [0.25, 0.3) is 0 Å². The number of pyridine rings is 1. The zero-order valence-corrected chi connectivity index (χ0v) is 10.0. The lowest BCUT2D eigenvalue weighted by Crippen LogP contribution is -1.93. The molecule has 2 aromatic carbocycles. The summed E-state index contributed by atoms with van der Waals surface area (Å²) in [6.07, 6.45) is 0. The van der Waals surface area contributed by atoms with Crippen molar-refractivity contribution in [3.63, 3.8) is 0 Å². The van der Waals surface area contributed by atoms with Crippen LogP contribution in [0, 0.1) is 0 Å². The molecule has 0 unspecified atom stereocenters. The molecule has 0 spiro atoms. The molecule has 0 bridgehead atoms. The molecule has 0 aliphatic carbocycles. The minimum atomic E-state index is -0.252. The van der Waals surface area contributed by atoms with Gasteiger partial charge in [-0.15, -0.1) is 0 Å². The van der Waals surface area contributed by atoms with Crippen LogP contribution in [0.1, 0.15) is 0 Å². The summed E-state index contributed by atoms with van der Waals surface area (Å²) in [4.78, 5) is 4.36. The Balaban J connectivity index is 1.99. The molecule has 0 aliphatic heterocycles. The van der Waals surface area contributed by atoms with Gasteiger partial charge < -0.3 is 10.5 Å². The van der Waals surface area contributed by atoms with Crippen molar-refractivity contribution in [1.29, 1.82) is 0 Å². The Bertz CT molecular complexity index is 741. The highest BCUT2D eigenvalue weighted by atomic mass is 16.5. The Morgan fingerprint density at radius 3 is 2.68 bits per heavy atom. The van der Waals surface area contributed by atoms with Crippen LogP contribution < -0.4 is 10.5 Å². The van der Waals surface area contributed by atoms with Crippen LogP contribution in [0.5, 0.6) is 17.4 Å². The van der Waals surface area contributed by atoms with E-state index in [1.54, 1.807) is 18.2 Å². The second-order valence-electron chi connectivity index (χ2n) is 4.11. The van der Waals surface area contributed by atoms with E-state index in [-0.39, 0.29) is 11.4 Å².